The summed E-state index contributed by atoms with van der Waals surface area (Å²) in [6.07, 6.45) is 1.57. The summed E-state index contributed by atoms with van der Waals surface area (Å²) in [5.74, 6) is 0.456. The van der Waals surface area contributed by atoms with Crippen molar-refractivity contribution in [1.82, 2.24) is 9.03 Å². The monoisotopic (exact) mass is 258 g/mol. The van der Waals surface area contributed by atoms with Gasteiger partial charge >= 0.3 is 0 Å². The van der Waals surface area contributed by atoms with Crippen molar-refractivity contribution < 1.29 is 18.2 Å². The van der Waals surface area contributed by atoms with E-state index in [4.69, 9.17) is 0 Å². The fourth-order valence-corrected chi connectivity index (χ4v) is 5.30. The third kappa shape index (κ3) is 2.42. The third-order valence-corrected chi connectivity index (χ3v) is 6.91. The zero-order valence-electron chi connectivity index (χ0n) is 8.37. The number of rotatable bonds is 2. The van der Waals surface area contributed by atoms with Crippen LogP contribution in [0.25, 0.3) is 0 Å². The molecule has 0 aromatic rings. The average Bonchev–Trinajstić information content (AvgIpc) is 2.58. The first kappa shape index (κ1) is 11.9. The zero-order valence-corrected chi connectivity index (χ0v) is 10.0. The number of nitrogens with one attached hydrogen (secondary N) is 1. The highest BCUT2D eigenvalue weighted by molar-refractivity contribution is 8.25. The van der Waals surface area contributed by atoms with Crippen LogP contribution in [-0.4, -0.2) is 53.2 Å². The summed E-state index contributed by atoms with van der Waals surface area (Å²) < 4.78 is 42.8. The van der Waals surface area contributed by atoms with Gasteiger partial charge in [-0.1, -0.05) is 11.0 Å². The van der Waals surface area contributed by atoms with Crippen LogP contribution >= 0.6 is 21.6 Å². The fourth-order valence-electron chi connectivity index (χ4n) is 2.04. The first-order valence-electron chi connectivity index (χ1n) is 4.94. The van der Waals surface area contributed by atoms with Gasteiger partial charge in [-0.2, -0.15) is 14.9 Å². The summed E-state index contributed by atoms with van der Waals surface area (Å²) in [6, 6.07) is 0. The Kier molecular flexibility index (Phi) is 3.21. The number of hydrogen-bond acceptors (Lipinski definition) is 6. The van der Waals surface area contributed by atoms with Crippen molar-refractivity contribution in [2.24, 2.45) is 0 Å². The van der Waals surface area contributed by atoms with E-state index in [1.807, 2.05) is 0 Å². The van der Waals surface area contributed by atoms with Gasteiger partial charge in [0.15, 0.2) is 0 Å². The fraction of sp³-hybridized carbons (Fsp3) is 1.00. The van der Waals surface area contributed by atoms with Crippen LogP contribution in [0.5, 0.6) is 0 Å². The highest BCUT2D eigenvalue weighted by Gasteiger charge is 2.37. The maximum Gasteiger partial charge on any atom is 0.0629 e. The summed E-state index contributed by atoms with van der Waals surface area (Å²) in [6.45, 7) is 1.44. The van der Waals surface area contributed by atoms with E-state index in [9.17, 15) is 18.2 Å². The maximum absolute atomic E-state index is 9.72. The van der Waals surface area contributed by atoms with Crippen molar-refractivity contribution in [2.45, 2.75) is 18.1 Å². The van der Waals surface area contributed by atoms with E-state index in [2.05, 4.69) is 4.72 Å². The first-order chi connectivity index (χ1) is 6.92. The van der Waals surface area contributed by atoms with Gasteiger partial charge in [0.25, 0.3) is 0 Å². The molecule has 0 amide bonds. The average molecular weight is 258 g/mol. The van der Waals surface area contributed by atoms with Crippen LogP contribution in [0.1, 0.15) is 12.8 Å². The smallest absolute Gasteiger partial charge is 0.0629 e. The topological polar surface area (TPSA) is 96.2 Å². The van der Waals surface area contributed by atoms with Gasteiger partial charge in [0, 0.05) is 25.4 Å². The molecule has 0 aromatic heterocycles. The molecule has 15 heavy (non-hydrogen) atoms. The normalized spacial score (nSPS) is 39.1. The van der Waals surface area contributed by atoms with Gasteiger partial charge in [-0.3, -0.25) is 18.2 Å². The molecular weight excluding hydrogens is 240 g/mol. The van der Waals surface area contributed by atoms with Crippen molar-refractivity contribution in [1.29, 1.82) is 0 Å². The van der Waals surface area contributed by atoms with E-state index in [-0.39, 0.29) is 5.25 Å². The lowest BCUT2D eigenvalue weighted by atomic mass is 10.2. The van der Waals surface area contributed by atoms with Gasteiger partial charge in [-0.05, 0) is 12.8 Å². The van der Waals surface area contributed by atoms with Crippen LogP contribution in [-0.2, 0) is 0 Å². The van der Waals surface area contributed by atoms with Crippen molar-refractivity contribution in [2.75, 3.05) is 25.4 Å². The summed E-state index contributed by atoms with van der Waals surface area (Å²) in [5, 5.41) is -0.205. The van der Waals surface area contributed by atoms with E-state index >= 15 is 0 Å². The Hall–Kier alpha value is 0.460. The molecule has 2 aliphatic heterocycles. The Morgan fingerprint density at radius 2 is 2.00 bits per heavy atom. The molecule has 2 aliphatic rings. The van der Waals surface area contributed by atoms with Crippen LogP contribution in [0, 0.1) is 0 Å². The lowest BCUT2D eigenvalue weighted by Crippen LogP contribution is -2.34. The summed E-state index contributed by atoms with van der Waals surface area (Å²) >= 11 is 0. The van der Waals surface area contributed by atoms with Crippen molar-refractivity contribution in [3.05, 3.63) is 0 Å². The SMILES string of the molecule is OS1(O)CCCC1CN1CCNS1(O)O. The van der Waals surface area contributed by atoms with E-state index in [1.54, 1.807) is 0 Å². The second kappa shape index (κ2) is 4.04. The van der Waals surface area contributed by atoms with Gasteiger partial charge in [-0.15, -0.1) is 0 Å². The van der Waals surface area contributed by atoms with Gasteiger partial charge in [0.05, 0.1) is 5.25 Å². The van der Waals surface area contributed by atoms with E-state index < -0.39 is 21.6 Å². The minimum atomic E-state index is -2.85. The minimum Gasteiger partial charge on any atom is -0.299 e. The molecule has 1 atom stereocenters. The van der Waals surface area contributed by atoms with Gasteiger partial charge < -0.3 is 0 Å². The van der Waals surface area contributed by atoms with Gasteiger partial charge in [0.1, 0.15) is 0 Å². The summed E-state index contributed by atoms with van der Waals surface area (Å²) in [5.41, 5.74) is 0. The Bertz CT molecular complexity index is 227. The molecule has 2 heterocycles. The third-order valence-electron chi connectivity index (χ3n) is 2.93. The van der Waals surface area contributed by atoms with Crippen LogP contribution in [0.15, 0.2) is 0 Å². The highest BCUT2D eigenvalue weighted by atomic mass is 32.3. The summed E-state index contributed by atoms with van der Waals surface area (Å²) in [4.78, 5) is 0. The van der Waals surface area contributed by atoms with Gasteiger partial charge in [-0.25, -0.2) is 4.72 Å². The second-order valence-electron chi connectivity index (χ2n) is 3.99. The number of hydrogen-bond donors (Lipinski definition) is 5. The molecule has 0 saturated carbocycles. The molecule has 0 spiro atoms. The minimum absolute atomic E-state index is 0.205. The summed E-state index contributed by atoms with van der Waals surface area (Å²) in [7, 11) is -5.35. The predicted octanol–water partition coefficient (Wildman–Crippen LogP) is 1.39. The lowest BCUT2D eigenvalue weighted by Gasteiger charge is -2.41. The van der Waals surface area contributed by atoms with E-state index in [1.165, 1.54) is 4.31 Å². The molecule has 92 valence electrons. The largest absolute Gasteiger partial charge is 0.299 e. The number of nitrogens with zero attached hydrogens (tertiary/aromatic N) is 1. The highest BCUT2D eigenvalue weighted by Crippen LogP contribution is 2.54. The molecule has 0 bridgehead atoms. The van der Waals surface area contributed by atoms with Gasteiger partial charge in [0.2, 0.25) is 0 Å². The predicted molar refractivity (Wildman–Crippen MR) is 63.2 cm³/mol. The van der Waals surface area contributed by atoms with E-state index in [0.717, 1.165) is 12.8 Å². The van der Waals surface area contributed by atoms with Crippen LogP contribution in [0.3, 0.4) is 0 Å². The Labute approximate surface area is 92.6 Å². The molecule has 2 fully saturated rings. The zero-order chi connectivity index (χ0) is 11.1. The molecule has 5 N–H and O–H groups in total. The molecule has 0 aliphatic carbocycles. The molecule has 2 rings (SSSR count). The van der Waals surface area contributed by atoms with Crippen LogP contribution in [0.4, 0.5) is 0 Å². The molecule has 2 saturated heterocycles. The van der Waals surface area contributed by atoms with Crippen LogP contribution in [0.2, 0.25) is 0 Å². The van der Waals surface area contributed by atoms with Crippen molar-refractivity contribution in [3.8, 4) is 0 Å². The Balaban J connectivity index is 1.97. The Morgan fingerprint density at radius 1 is 1.27 bits per heavy atom. The standard InChI is InChI=1S/C7H18N2O4S2/c10-14(11)5-1-2-7(14)6-9-4-3-8-15(9,12)13/h7-8,10-13H,1-6H2. The van der Waals surface area contributed by atoms with E-state index in [0.29, 0.717) is 25.4 Å². The molecule has 8 heteroatoms. The first-order valence-corrected chi connectivity index (χ1v) is 8.23. The molecule has 6 nitrogen and oxygen atoms in total. The molecule has 0 radical (unpaired) electrons. The maximum atomic E-state index is 9.72. The molecular formula is C7H18N2O4S2. The Morgan fingerprint density at radius 3 is 2.47 bits per heavy atom. The molecule has 1 unspecified atom stereocenters. The van der Waals surface area contributed by atoms with Crippen molar-refractivity contribution >= 4 is 21.6 Å². The lowest BCUT2D eigenvalue weighted by molar-refractivity contribution is 0.368. The molecule has 0 aromatic carbocycles. The quantitative estimate of drug-likeness (QED) is 0.513. The van der Waals surface area contributed by atoms with Crippen LogP contribution < -0.4 is 4.72 Å². The second-order valence-corrected chi connectivity index (χ2v) is 8.34. The van der Waals surface area contributed by atoms with Crippen molar-refractivity contribution in [3.63, 3.8) is 0 Å².